The Bertz CT molecular complexity index is 541. The lowest BCUT2D eigenvalue weighted by atomic mass is 9.80. The van der Waals surface area contributed by atoms with Crippen molar-refractivity contribution in [3.05, 3.63) is 0 Å². The molecule has 1 saturated heterocycles. The molecule has 1 fully saturated rings. The van der Waals surface area contributed by atoms with Gasteiger partial charge < -0.3 is 5.32 Å². The summed E-state index contributed by atoms with van der Waals surface area (Å²) in [6.45, 7) is 12.0. The van der Waals surface area contributed by atoms with Crippen molar-refractivity contribution in [2.45, 2.75) is 67.2 Å². The Morgan fingerprint density at radius 2 is 1.68 bits per heavy atom. The maximum atomic E-state index is 12.3. The molecule has 0 aromatic heterocycles. The van der Waals surface area contributed by atoms with E-state index in [9.17, 15) is 19.2 Å². The number of carbonyl (C=O) groups excluding carboxylic acids is 4. The molecule has 142 valence electrons. The predicted molar refractivity (Wildman–Crippen MR) is 95.6 cm³/mol. The van der Waals surface area contributed by atoms with E-state index in [2.05, 4.69) is 5.32 Å². The Balaban J connectivity index is 2.34. The zero-order chi connectivity index (χ0) is 19.4. The van der Waals surface area contributed by atoms with Gasteiger partial charge in [-0.15, -0.1) is 0 Å². The highest BCUT2D eigenvalue weighted by molar-refractivity contribution is 6.04. The number of nitrogens with one attached hydrogen (secondary N) is 1. The first-order valence-corrected chi connectivity index (χ1v) is 8.98. The Morgan fingerprint density at radius 1 is 1.08 bits per heavy atom. The second-order valence-electron chi connectivity index (χ2n) is 8.88. The molecule has 6 heteroatoms. The molecule has 0 bridgehead atoms. The summed E-state index contributed by atoms with van der Waals surface area (Å²) in [7, 11) is 0. The normalized spacial score (nSPS) is 18.6. The monoisotopic (exact) mass is 352 g/mol. The maximum Gasteiger partial charge on any atom is 0.233 e. The minimum atomic E-state index is -0.357. The van der Waals surface area contributed by atoms with E-state index in [0.29, 0.717) is 19.4 Å². The molecular weight excluding hydrogens is 320 g/mol. The van der Waals surface area contributed by atoms with Crippen molar-refractivity contribution in [3.63, 3.8) is 0 Å². The quantitative estimate of drug-likeness (QED) is 0.563. The molecule has 0 spiro atoms. The van der Waals surface area contributed by atoms with Crippen LogP contribution in [0.25, 0.3) is 0 Å². The minimum absolute atomic E-state index is 0.0988. The van der Waals surface area contributed by atoms with Gasteiger partial charge in [0.25, 0.3) is 0 Å². The van der Waals surface area contributed by atoms with Crippen molar-refractivity contribution in [3.8, 4) is 0 Å². The fourth-order valence-electron chi connectivity index (χ4n) is 2.75. The lowest BCUT2D eigenvalue weighted by Crippen LogP contribution is -2.37. The molecule has 0 radical (unpaired) electrons. The minimum Gasteiger partial charge on any atom is -0.356 e. The standard InChI is InChI=1S/C19H32N2O4/c1-18(2,3)13-12-16(24)21(17(13)25)11-9-15(23)20-10-7-8-14(22)19(4,5)6/h13H,7-12H2,1-6H3,(H,20,23). The molecule has 1 unspecified atom stereocenters. The molecule has 0 aliphatic carbocycles. The highest BCUT2D eigenvalue weighted by atomic mass is 16.2. The Morgan fingerprint density at radius 3 is 2.16 bits per heavy atom. The maximum absolute atomic E-state index is 12.3. The first kappa shape index (κ1) is 21.3. The molecule has 25 heavy (non-hydrogen) atoms. The Kier molecular flexibility index (Phi) is 6.91. The van der Waals surface area contributed by atoms with Crippen LogP contribution in [0.15, 0.2) is 0 Å². The molecule has 1 aliphatic heterocycles. The molecule has 0 aromatic rings. The topological polar surface area (TPSA) is 83.6 Å². The molecule has 3 amide bonds. The van der Waals surface area contributed by atoms with Crippen molar-refractivity contribution >= 4 is 23.5 Å². The van der Waals surface area contributed by atoms with Crippen molar-refractivity contribution in [1.82, 2.24) is 10.2 Å². The third-order valence-electron chi connectivity index (χ3n) is 4.59. The van der Waals surface area contributed by atoms with Gasteiger partial charge in [-0.3, -0.25) is 24.1 Å². The van der Waals surface area contributed by atoms with Gasteiger partial charge in [0.15, 0.2) is 0 Å². The highest BCUT2D eigenvalue weighted by Gasteiger charge is 2.44. The molecule has 1 rings (SSSR count). The van der Waals surface area contributed by atoms with E-state index in [1.54, 1.807) is 0 Å². The van der Waals surface area contributed by atoms with E-state index in [4.69, 9.17) is 0 Å². The molecular formula is C19H32N2O4. The fourth-order valence-corrected chi connectivity index (χ4v) is 2.75. The van der Waals surface area contributed by atoms with Crippen LogP contribution in [0.2, 0.25) is 0 Å². The first-order chi connectivity index (χ1) is 11.3. The van der Waals surface area contributed by atoms with Gasteiger partial charge in [-0.05, 0) is 11.8 Å². The van der Waals surface area contributed by atoms with Gasteiger partial charge in [0.2, 0.25) is 17.7 Å². The number of nitrogens with zero attached hydrogens (tertiary/aromatic N) is 1. The summed E-state index contributed by atoms with van der Waals surface area (Å²) in [5, 5.41) is 2.74. The van der Waals surface area contributed by atoms with E-state index in [-0.39, 0.29) is 59.6 Å². The third kappa shape index (κ3) is 6.25. The zero-order valence-electron chi connectivity index (χ0n) is 16.4. The van der Waals surface area contributed by atoms with Gasteiger partial charge in [-0.25, -0.2) is 0 Å². The summed E-state index contributed by atoms with van der Waals surface area (Å²) in [4.78, 5) is 49.3. The van der Waals surface area contributed by atoms with Crippen molar-refractivity contribution < 1.29 is 19.2 Å². The van der Waals surface area contributed by atoms with E-state index < -0.39 is 0 Å². The van der Waals surface area contributed by atoms with Crippen LogP contribution in [0, 0.1) is 16.7 Å². The van der Waals surface area contributed by atoms with E-state index in [0.717, 1.165) is 0 Å². The van der Waals surface area contributed by atoms with Gasteiger partial charge in [0.05, 0.1) is 5.92 Å². The van der Waals surface area contributed by atoms with Crippen LogP contribution >= 0.6 is 0 Å². The van der Waals surface area contributed by atoms with Crippen LogP contribution < -0.4 is 5.32 Å². The van der Waals surface area contributed by atoms with Gasteiger partial charge >= 0.3 is 0 Å². The largest absolute Gasteiger partial charge is 0.356 e. The summed E-state index contributed by atoms with van der Waals surface area (Å²) in [5.41, 5.74) is -0.618. The summed E-state index contributed by atoms with van der Waals surface area (Å²) < 4.78 is 0. The second kappa shape index (κ2) is 8.11. The summed E-state index contributed by atoms with van der Waals surface area (Å²) in [5.74, 6) is -0.729. The molecule has 0 saturated carbocycles. The summed E-state index contributed by atoms with van der Waals surface area (Å²) in [6.07, 6.45) is 1.34. The van der Waals surface area contributed by atoms with E-state index in [1.807, 2.05) is 41.5 Å². The van der Waals surface area contributed by atoms with Crippen molar-refractivity contribution in [2.75, 3.05) is 13.1 Å². The predicted octanol–water partition coefficient (Wildman–Crippen LogP) is 2.31. The number of likely N-dealkylation sites (tertiary alicyclic amines) is 1. The molecule has 6 nitrogen and oxygen atoms in total. The van der Waals surface area contributed by atoms with E-state index in [1.165, 1.54) is 4.90 Å². The Labute approximate surface area is 150 Å². The van der Waals surface area contributed by atoms with Crippen LogP contribution in [0.5, 0.6) is 0 Å². The molecule has 1 aliphatic rings. The van der Waals surface area contributed by atoms with Crippen molar-refractivity contribution in [2.24, 2.45) is 16.7 Å². The summed E-state index contributed by atoms with van der Waals surface area (Å²) >= 11 is 0. The number of ketones is 1. The average Bonchev–Trinajstić information content (AvgIpc) is 2.75. The van der Waals surface area contributed by atoms with Crippen LogP contribution in [0.4, 0.5) is 0 Å². The number of carbonyl (C=O) groups is 4. The molecule has 1 N–H and O–H groups in total. The van der Waals surface area contributed by atoms with Gasteiger partial charge in [-0.1, -0.05) is 41.5 Å². The molecule has 0 aromatic carbocycles. The average molecular weight is 352 g/mol. The van der Waals surface area contributed by atoms with Crippen LogP contribution in [-0.2, 0) is 19.2 Å². The van der Waals surface area contributed by atoms with Gasteiger partial charge in [0.1, 0.15) is 5.78 Å². The van der Waals surface area contributed by atoms with Crippen LogP contribution in [-0.4, -0.2) is 41.5 Å². The lowest BCUT2D eigenvalue weighted by molar-refractivity contribution is -0.140. The zero-order valence-corrected chi connectivity index (χ0v) is 16.4. The fraction of sp³-hybridized carbons (Fsp3) is 0.789. The number of rotatable bonds is 7. The number of hydrogen-bond donors (Lipinski definition) is 1. The summed E-state index contributed by atoms with van der Waals surface area (Å²) in [6, 6.07) is 0. The second-order valence-corrected chi connectivity index (χ2v) is 8.88. The number of hydrogen-bond acceptors (Lipinski definition) is 4. The smallest absolute Gasteiger partial charge is 0.233 e. The lowest BCUT2D eigenvalue weighted by Gasteiger charge is -2.24. The van der Waals surface area contributed by atoms with E-state index >= 15 is 0 Å². The number of Topliss-reactive ketones (excluding diaryl/α,β-unsaturated/α-hetero) is 1. The van der Waals surface area contributed by atoms with Gasteiger partial charge in [-0.2, -0.15) is 0 Å². The Hall–Kier alpha value is -1.72. The SMILES string of the molecule is CC(C)(C)C(=O)CCCNC(=O)CCN1C(=O)CC(C(C)(C)C)C1=O. The van der Waals surface area contributed by atoms with Crippen LogP contribution in [0.3, 0.4) is 0 Å². The van der Waals surface area contributed by atoms with Gasteiger partial charge in [0, 0.05) is 37.8 Å². The number of amides is 3. The first-order valence-electron chi connectivity index (χ1n) is 8.98. The number of imide groups is 1. The van der Waals surface area contributed by atoms with Crippen molar-refractivity contribution in [1.29, 1.82) is 0 Å². The van der Waals surface area contributed by atoms with Crippen LogP contribution in [0.1, 0.15) is 67.2 Å². The third-order valence-corrected chi connectivity index (χ3v) is 4.59. The molecule has 1 atom stereocenters. The molecule has 1 heterocycles. The highest BCUT2D eigenvalue weighted by Crippen LogP contribution is 2.35.